The molecule has 0 bridgehead atoms. The predicted molar refractivity (Wildman–Crippen MR) is 55.5 cm³/mol. The maximum atomic E-state index is 10.4. The number of nitro groups is 3. The number of aromatic hydroxyl groups is 2. The van der Waals surface area contributed by atoms with Crippen LogP contribution in [-0.2, 0) is 0 Å². The smallest absolute Gasteiger partial charge is 0.366 e. The number of hydrogen-bond acceptors (Lipinski definition) is 8. The number of benzene rings is 1. The molecule has 0 aliphatic heterocycles. The fourth-order valence-electron chi connectivity index (χ4n) is 1.07. The molecule has 0 spiro atoms. The Bertz CT molecular complexity index is 506. The van der Waals surface area contributed by atoms with Crippen LogP contribution in [0.5, 0.6) is 11.5 Å². The molecule has 0 heterocycles. The summed E-state index contributed by atoms with van der Waals surface area (Å²) in [6.45, 7) is 0. The number of hydrogen-bond donors (Lipinski definition) is 2. The Kier molecular flexibility index (Phi) is 5.50. The molecule has 0 aliphatic carbocycles. The molecule has 12 heteroatoms. The largest absolute Gasteiger partial charge is 0.497 e. The first-order chi connectivity index (χ1) is 7.77. The van der Waals surface area contributed by atoms with Crippen LogP contribution in [0.15, 0.2) is 6.07 Å². The van der Waals surface area contributed by atoms with Crippen molar-refractivity contribution in [2.75, 3.05) is 0 Å². The van der Waals surface area contributed by atoms with Crippen molar-refractivity contribution in [3.63, 3.8) is 0 Å². The monoisotopic (exact) mass is 383 g/mol. The van der Waals surface area contributed by atoms with Crippen LogP contribution in [0.25, 0.3) is 0 Å². The summed E-state index contributed by atoms with van der Waals surface area (Å²) in [6.07, 6.45) is 0. The average Bonchev–Trinajstić information content (AvgIpc) is 2.15. The van der Waals surface area contributed by atoms with Crippen molar-refractivity contribution in [2.24, 2.45) is 0 Å². The van der Waals surface area contributed by atoms with Crippen LogP contribution in [0.2, 0.25) is 0 Å². The average molecular weight is 382 g/mol. The van der Waals surface area contributed by atoms with Gasteiger partial charge in [0.25, 0.3) is 11.5 Å². The second-order valence-corrected chi connectivity index (χ2v) is 2.73. The first-order valence-electron chi connectivity index (χ1n) is 3.79. The molecule has 11 nitrogen and oxygen atoms in total. The Balaban J connectivity index is 0.00000289. The third kappa shape index (κ3) is 2.88. The molecule has 0 unspecified atom stereocenters. The summed E-state index contributed by atoms with van der Waals surface area (Å²) >= 11 is 0. The fraction of sp³-hybridized carbons (Fsp3) is 0. The zero-order chi connectivity index (χ0) is 13.3. The molecule has 1 rings (SSSR count). The van der Waals surface area contributed by atoms with E-state index in [0.717, 1.165) is 0 Å². The van der Waals surface area contributed by atoms with Crippen LogP contribution in [0.4, 0.5) is 17.1 Å². The number of nitro benzene ring substituents is 3. The minimum atomic E-state index is -1.48. The molecule has 18 heavy (non-hydrogen) atoms. The standard InChI is InChI=1S/C6H3N3O8.Ba/c10-5-2(7(12)13)1-3(8(14)15)6(11)4(5)9(16)17;/h1,10-11H;. The van der Waals surface area contributed by atoms with Crippen LogP contribution in [0.3, 0.4) is 0 Å². The van der Waals surface area contributed by atoms with E-state index in [4.69, 9.17) is 10.2 Å². The third-order valence-electron chi connectivity index (χ3n) is 1.78. The van der Waals surface area contributed by atoms with Crippen LogP contribution in [0.1, 0.15) is 0 Å². The van der Waals surface area contributed by atoms with Gasteiger partial charge in [0.05, 0.1) is 14.8 Å². The summed E-state index contributed by atoms with van der Waals surface area (Å²) in [4.78, 5) is 27.4. The molecule has 2 radical (unpaired) electrons. The van der Waals surface area contributed by atoms with Gasteiger partial charge in [-0.05, 0) is 0 Å². The van der Waals surface area contributed by atoms with E-state index < -0.39 is 43.3 Å². The van der Waals surface area contributed by atoms with Crippen LogP contribution >= 0.6 is 0 Å². The summed E-state index contributed by atoms with van der Waals surface area (Å²) in [5.41, 5.74) is -3.95. The second kappa shape index (κ2) is 5.96. The van der Waals surface area contributed by atoms with Gasteiger partial charge >= 0.3 is 17.1 Å². The summed E-state index contributed by atoms with van der Waals surface area (Å²) < 4.78 is 0. The molecule has 92 valence electrons. The summed E-state index contributed by atoms with van der Waals surface area (Å²) in [5.74, 6) is -2.88. The summed E-state index contributed by atoms with van der Waals surface area (Å²) in [7, 11) is 0. The van der Waals surface area contributed by atoms with Gasteiger partial charge in [0.15, 0.2) is 0 Å². The van der Waals surface area contributed by atoms with Gasteiger partial charge in [0, 0.05) is 48.9 Å². The first kappa shape index (κ1) is 16.6. The Hall–Kier alpha value is -1.41. The van der Waals surface area contributed by atoms with Crippen molar-refractivity contribution in [1.29, 1.82) is 0 Å². The Morgan fingerprint density at radius 2 is 1.17 bits per heavy atom. The Labute approximate surface area is 138 Å². The van der Waals surface area contributed by atoms with Gasteiger partial charge in [-0.3, -0.25) is 30.3 Å². The van der Waals surface area contributed by atoms with E-state index in [0.29, 0.717) is 0 Å². The minimum absolute atomic E-state index is 0. The van der Waals surface area contributed by atoms with Gasteiger partial charge in [0.2, 0.25) is 0 Å². The minimum Gasteiger partial charge on any atom is -0.497 e. The van der Waals surface area contributed by atoms with Crippen molar-refractivity contribution >= 4 is 65.9 Å². The molecule has 0 amide bonds. The van der Waals surface area contributed by atoms with Crippen molar-refractivity contribution < 1.29 is 25.0 Å². The van der Waals surface area contributed by atoms with E-state index in [9.17, 15) is 30.3 Å². The van der Waals surface area contributed by atoms with E-state index >= 15 is 0 Å². The fourth-order valence-corrected chi connectivity index (χ4v) is 1.07. The zero-order valence-electron chi connectivity index (χ0n) is 8.47. The molecule has 0 aliphatic rings. The van der Waals surface area contributed by atoms with E-state index in [2.05, 4.69) is 0 Å². The number of phenolic OH excluding ortho intramolecular Hbond substituents is 2. The van der Waals surface area contributed by atoms with Gasteiger partial charge in [-0.2, -0.15) is 0 Å². The number of phenols is 2. The molecule has 0 atom stereocenters. The van der Waals surface area contributed by atoms with Gasteiger partial charge in [-0.15, -0.1) is 0 Å². The van der Waals surface area contributed by atoms with Gasteiger partial charge < -0.3 is 10.2 Å². The van der Waals surface area contributed by atoms with Crippen molar-refractivity contribution in [2.45, 2.75) is 0 Å². The molecule has 1 aromatic carbocycles. The number of nitrogens with zero attached hydrogens (tertiary/aromatic N) is 3. The molecule has 0 saturated carbocycles. The molecule has 0 saturated heterocycles. The van der Waals surface area contributed by atoms with Crippen LogP contribution in [0, 0.1) is 30.3 Å². The van der Waals surface area contributed by atoms with Gasteiger partial charge in [0.1, 0.15) is 6.07 Å². The number of rotatable bonds is 3. The van der Waals surface area contributed by atoms with Crippen molar-refractivity contribution in [3.05, 3.63) is 36.4 Å². The van der Waals surface area contributed by atoms with Crippen molar-refractivity contribution in [3.8, 4) is 11.5 Å². The van der Waals surface area contributed by atoms with Crippen LogP contribution < -0.4 is 0 Å². The first-order valence-corrected chi connectivity index (χ1v) is 3.79. The SMILES string of the molecule is O=[N+]([O-])c1cc([N+](=O)[O-])c(O)c([N+](=O)[O-])c1O.[Ba]. The van der Waals surface area contributed by atoms with E-state index in [1.165, 1.54) is 0 Å². The molecular weight excluding hydrogens is 379 g/mol. The Morgan fingerprint density at radius 1 is 0.833 bits per heavy atom. The van der Waals surface area contributed by atoms with E-state index in [-0.39, 0.29) is 54.9 Å². The van der Waals surface area contributed by atoms with Crippen LogP contribution in [-0.4, -0.2) is 73.9 Å². The van der Waals surface area contributed by atoms with Gasteiger partial charge in [-0.25, -0.2) is 0 Å². The zero-order valence-corrected chi connectivity index (χ0v) is 12.9. The van der Waals surface area contributed by atoms with E-state index in [1.807, 2.05) is 0 Å². The maximum absolute atomic E-state index is 10.4. The molecule has 1 aromatic rings. The second-order valence-electron chi connectivity index (χ2n) is 2.73. The van der Waals surface area contributed by atoms with E-state index in [1.54, 1.807) is 0 Å². The quantitative estimate of drug-likeness (QED) is 0.431. The topological polar surface area (TPSA) is 170 Å². The Morgan fingerprint density at radius 3 is 1.39 bits per heavy atom. The molecule has 0 aromatic heterocycles. The van der Waals surface area contributed by atoms with Crippen molar-refractivity contribution in [1.82, 2.24) is 0 Å². The molecule has 2 N–H and O–H groups in total. The predicted octanol–water partition coefficient (Wildman–Crippen LogP) is 0.442. The maximum Gasteiger partial charge on any atom is 0.366 e. The third-order valence-corrected chi connectivity index (χ3v) is 1.78. The molecule has 0 fully saturated rings. The molecular formula is C6H3BaN3O8. The summed E-state index contributed by atoms with van der Waals surface area (Å²) in [5, 5.41) is 49.5. The van der Waals surface area contributed by atoms with Gasteiger partial charge in [-0.1, -0.05) is 0 Å². The summed E-state index contributed by atoms with van der Waals surface area (Å²) in [6, 6.07) is 0.234. The normalized spacial score (nSPS) is 9.33.